The van der Waals surface area contributed by atoms with Crippen LogP contribution in [0, 0.1) is 0 Å². The van der Waals surface area contributed by atoms with Gasteiger partial charge in [0.05, 0.1) is 27.4 Å². The first-order chi connectivity index (χ1) is 17.6. The summed E-state index contributed by atoms with van der Waals surface area (Å²) in [7, 11) is 3.14. The Labute approximate surface area is 207 Å². The molecule has 0 unspecified atom stereocenters. The molecule has 0 saturated carbocycles. The number of benzene rings is 2. The number of amides is 1. The van der Waals surface area contributed by atoms with Crippen molar-refractivity contribution in [1.29, 1.82) is 0 Å². The highest BCUT2D eigenvalue weighted by molar-refractivity contribution is 5.77. The highest BCUT2D eigenvalue weighted by atomic mass is 16.5. The van der Waals surface area contributed by atoms with Crippen LogP contribution in [0.1, 0.15) is 6.92 Å². The van der Waals surface area contributed by atoms with Gasteiger partial charge in [0.25, 0.3) is 5.91 Å². The second-order valence-corrected chi connectivity index (χ2v) is 7.43. The molecule has 4 rings (SSSR count). The normalized spacial score (nSPS) is 10.6. The standard InChI is InChI=1S/C25H27N5O6/c1-4-34-18-6-5-7-19(15-18)36-16-23(31)26-12-13-35-24-11-10-22-27-28-25(30(22)29-24)17-8-9-20(32-2)21(14-17)33-3/h5-11,14-15H,4,12-13,16H2,1-3H3,(H,26,31). The van der Waals surface area contributed by atoms with Crippen LogP contribution < -0.4 is 29.0 Å². The van der Waals surface area contributed by atoms with E-state index in [0.717, 1.165) is 5.56 Å². The van der Waals surface area contributed by atoms with Gasteiger partial charge in [-0.3, -0.25) is 4.79 Å². The predicted molar refractivity (Wildman–Crippen MR) is 131 cm³/mol. The summed E-state index contributed by atoms with van der Waals surface area (Å²) in [6.07, 6.45) is 0. The van der Waals surface area contributed by atoms with Crippen molar-refractivity contribution >= 4 is 11.6 Å². The van der Waals surface area contributed by atoms with Crippen molar-refractivity contribution in [2.45, 2.75) is 6.92 Å². The van der Waals surface area contributed by atoms with Gasteiger partial charge < -0.3 is 29.0 Å². The number of methoxy groups -OCH3 is 2. The van der Waals surface area contributed by atoms with Crippen LogP contribution in [0.15, 0.2) is 54.6 Å². The fourth-order valence-corrected chi connectivity index (χ4v) is 3.37. The Morgan fingerprint density at radius 2 is 1.72 bits per heavy atom. The molecule has 2 heterocycles. The number of fused-ring (bicyclic) bond motifs is 1. The van der Waals surface area contributed by atoms with Gasteiger partial charge in [0, 0.05) is 17.7 Å². The maximum Gasteiger partial charge on any atom is 0.258 e. The minimum atomic E-state index is -0.265. The molecule has 1 N–H and O–H groups in total. The van der Waals surface area contributed by atoms with E-state index in [1.807, 2.05) is 25.1 Å². The molecule has 0 aliphatic carbocycles. The van der Waals surface area contributed by atoms with Gasteiger partial charge in [0.15, 0.2) is 29.6 Å². The first-order valence-corrected chi connectivity index (χ1v) is 11.3. The molecule has 0 atom stereocenters. The van der Waals surface area contributed by atoms with Crippen LogP contribution in [0.3, 0.4) is 0 Å². The van der Waals surface area contributed by atoms with Gasteiger partial charge in [-0.1, -0.05) is 6.07 Å². The van der Waals surface area contributed by atoms with Crippen molar-refractivity contribution in [2.75, 3.05) is 40.6 Å². The van der Waals surface area contributed by atoms with Crippen LogP contribution in [-0.2, 0) is 4.79 Å². The van der Waals surface area contributed by atoms with Crippen molar-refractivity contribution in [3.63, 3.8) is 0 Å². The van der Waals surface area contributed by atoms with Crippen LogP contribution in [-0.4, -0.2) is 66.3 Å². The molecule has 0 aliphatic rings. The molecule has 0 saturated heterocycles. The van der Waals surface area contributed by atoms with E-state index in [9.17, 15) is 4.79 Å². The first kappa shape index (κ1) is 24.6. The summed E-state index contributed by atoms with van der Waals surface area (Å²) in [5, 5.41) is 15.6. The van der Waals surface area contributed by atoms with E-state index in [0.29, 0.717) is 47.0 Å². The molecular weight excluding hydrogens is 466 g/mol. The summed E-state index contributed by atoms with van der Waals surface area (Å²) in [5.41, 5.74) is 1.31. The number of hydrogen-bond donors (Lipinski definition) is 1. The lowest BCUT2D eigenvalue weighted by Crippen LogP contribution is -2.32. The largest absolute Gasteiger partial charge is 0.494 e. The second-order valence-electron chi connectivity index (χ2n) is 7.43. The third-order valence-electron chi connectivity index (χ3n) is 5.04. The Balaban J connectivity index is 1.31. The predicted octanol–water partition coefficient (Wildman–Crippen LogP) is 2.78. The summed E-state index contributed by atoms with van der Waals surface area (Å²) >= 11 is 0. The highest BCUT2D eigenvalue weighted by Gasteiger charge is 2.14. The molecule has 2 aromatic carbocycles. The number of nitrogens with zero attached hydrogens (tertiary/aromatic N) is 4. The molecule has 0 spiro atoms. The molecule has 36 heavy (non-hydrogen) atoms. The van der Waals surface area contributed by atoms with Gasteiger partial charge in [0.1, 0.15) is 18.1 Å². The zero-order valence-corrected chi connectivity index (χ0v) is 20.3. The van der Waals surface area contributed by atoms with Crippen molar-refractivity contribution in [2.24, 2.45) is 0 Å². The Hall–Kier alpha value is -4.54. The van der Waals surface area contributed by atoms with Gasteiger partial charge in [-0.15, -0.1) is 15.3 Å². The van der Waals surface area contributed by atoms with Crippen molar-refractivity contribution in [3.05, 3.63) is 54.6 Å². The number of aromatic nitrogens is 4. The highest BCUT2D eigenvalue weighted by Crippen LogP contribution is 2.31. The Bertz CT molecular complexity index is 1330. The Kier molecular flexibility index (Phi) is 8.01. The van der Waals surface area contributed by atoms with Crippen LogP contribution in [0.4, 0.5) is 0 Å². The SMILES string of the molecule is CCOc1cccc(OCC(=O)NCCOc2ccc3nnc(-c4ccc(OC)c(OC)c4)n3n2)c1. The van der Waals surface area contributed by atoms with Crippen LogP contribution in [0.25, 0.3) is 17.0 Å². The van der Waals surface area contributed by atoms with E-state index in [4.69, 9.17) is 23.7 Å². The molecule has 0 fully saturated rings. The summed E-state index contributed by atoms with van der Waals surface area (Å²) in [6.45, 7) is 2.85. The van der Waals surface area contributed by atoms with Gasteiger partial charge in [0.2, 0.25) is 5.88 Å². The first-order valence-electron chi connectivity index (χ1n) is 11.3. The van der Waals surface area contributed by atoms with E-state index in [1.54, 1.807) is 55.1 Å². The Morgan fingerprint density at radius 1 is 0.917 bits per heavy atom. The van der Waals surface area contributed by atoms with E-state index >= 15 is 0 Å². The number of ether oxygens (including phenoxy) is 5. The van der Waals surface area contributed by atoms with E-state index in [1.165, 1.54) is 0 Å². The summed E-state index contributed by atoms with van der Waals surface area (Å²) in [5.74, 6) is 3.05. The molecule has 2 aromatic heterocycles. The molecule has 0 aliphatic heterocycles. The molecule has 4 aromatic rings. The average molecular weight is 494 g/mol. The number of nitrogens with one attached hydrogen (secondary N) is 1. The molecule has 0 radical (unpaired) electrons. The van der Waals surface area contributed by atoms with Gasteiger partial charge in [-0.25, -0.2) is 0 Å². The molecule has 188 valence electrons. The van der Waals surface area contributed by atoms with Gasteiger partial charge in [-0.2, -0.15) is 4.52 Å². The topological polar surface area (TPSA) is 118 Å². The van der Waals surface area contributed by atoms with Crippen LogP contribution >= 0.6 is 0 Å². The van der Waals surface area contributed by atoms with Crippen molar-refractivity contribution < 1.29 is 28.5 Å². The van der Waals surface area contributed by atoms with Crippen molar-refractivity contribution in [3.8, 4) is 40.3 Å². The molecular formula is C25H27N5O6. The quantitative estimate of drug-likeness (QED) is 0.297. The second kappa shape index (κ2) is 11.7. The van der Waals surface area contributed by atoms with Gasteiger partial charge >= 0.3 is 0 Å². The van der Waals surface area contributed by atoms with E-state index in [-0.39, 0.29) is 25.7 Å². The zero-order valence-electron chi connectivity index (χ0n) is 20.3. The van der Waals surface area contributed by atoms with E-state index in [2.05, 4.69) is 20.6 Å². The number of carbonyl (C=O) groups is 1. The number of rotatable bonds is 12. The van der Waals surface area contributed by atoms with E-state index < -0.39 is 0 Å². The molecule has 11 nitrogen and oxygen atoms in total. The lowest BCUT2D eigenvalue weighted by atomic mass is 10.2. The Morgan fingerprint density at radius 3 is 2.50 bits per heavy atom. The number of hydrogen-bond acceptors (Lipinski definition) is 9. The third kappa shape index (κ3) is 5.93. The minimum absolute atomic E-state index is 0.116. The van der Waals surface area contributed by atoms with Crippen LogP contribution in [0.5, 0.6) is 28.9 Å². The van der Waals surface area contributed by atoms with Gasteiger partial charge in [-0.05, 0) is 43.3 Å². The lowest BCUT2D eigenvalue weighted by molar-refractivity contribution is -0.123. The molecule has 11 heteroatoms. The fourth-order valence-electron chi connectivity index (χ4n) is 3.37. The average Bonchev–Trinajstić information content (AvgIpc) is 3.33. The zero-order chi connectivity index (χ0) is 25.3. The minimum Gasteiger partial charge on any atom is -0.494 e. The number of carbonyl (C=O) groups excluding carboxylic acids is 1. The summed E-state index contributed by atoms with van der Waals surface area (Å²) in [4.78, 5) is 12.1. The summed E-state index contributed by atoms with van der Waals surface area (Å²) in [6, 6.07) is 16.0. The molecule has 1 amide bonds. The van der Waals surface area contributed by atoms with Crippen molar-refractivity contribution in [1.82, 2.24) is 25.1 Å². The third-order valence-corrected chi connectivity index (χ3v) is 5.04. The maximum atomic E-state index is 12.1. The lowest BCUT2D eigenvalue weighted by Gasteiger charge is -2.10. The monoisotopic (exact) mass is 493 g/mol. The smallest absolute Gasteiger partial charge is 0.258 e. The summed E-state index contributed by atoms with van der Waals surface area (Å²) < 4.78 is 28.9. The van der Waals surface area contributed by atoms with Crippen LogP contribution in [0.2, 0.25) is 0 Å². The molecule has 0 bridgehead atoms. The maximum absolute atomic E-state index is 12.1. The fraction of sp³-hybridized carbons (Fsp3) is 0.280.